The summed E-state index contributed by atoms with van der Waals surface area (Å²) < 4.78 is 0. The second-order valence-electron chi connectivity index (χ2n) is 5.62. The number of aryl methyl sites for hydroxylation is 1. The fourth-order valence-corrected chi connectivity index (χ4v) is 2.49. The van der Waals surface area contributed by atoms with Crippen LogP contribution < -0.4 is 16.0 Å². The molecule has 0 unspecified atom stereocenters. The fraction of sp³-hybridized carbons (Fsp3) is 0.263. The average molecular weight is 325 g/mol. The van der Waals surface area contributed by atoms with Crippen molar-refractivity contribution >= 4 is 17.5 Å². The van der Waals surface area contributed by atoms with Crippen molar-refractivity contribution in [3.05, 3.63) is 65.2 Å². The number of nitrogens with zero attached hydrogens (tertiary/aromatic N) is 1. The normalized spacial score (nSPS) is 10.2. The summed E-state index contributed by atoms with van der Waals surface area (Å²) in [5.74, 6) is -0.662. The molecule has 0 saturated carbocycles. The molecule has 0 saturated heterocycles. The van der Waals surface area contributed by atoms with Gasteiger partial charge < -0.3 is 16.0 Å². The topological polar surface area (TPSA) is 75.4 Å². The van der Waals surface area contributed by atoms with Gasteiger partial charge in [-0.1, -0.05) is 12.1 Å². The van der Waals surface area contributed by atoms with E-state index in [-0.39, 0.29) is 5.91 Å². The van der Waals surface area contributed by atoms with Crippen molar-refractivity contribution in [2.75, 3.05) is 24.5 Å². The van der Waals surface area contributed by atoms with Crippen molar-refractivity contribution in [3.8, 4) is 0 Å². The molecule has 0 fully saturated rings. The van der Waals surface area contributed by atoms with E-state index < -0.39 is 5.91 Å². The number of hydrogen-bond donors (Lipinski definition) is 2. The lowest BCUT2D eigenvalue weighted by molar-refractivity contribution is 0.0951. The molecule has 0 radical (unpaired) electrons. The van der Waals surface area contributed by atoms with Crippen LogP contribution in [-0.2, 0) is 0 Å². The highest BCUT2D eigenvalue weighted by Gasteiger charge is 2.08. The molecule has 2 amide bonds. The highest BCUT2D eigenvalue weighted by Crippen LogP contribution is 2.15. The molecule has 0 aliphatic carbocycles. The molecule has 5 nitrogen and oxygen atoms in total. The number of carbonyl (C=O) groups excluding carboxylic acids is 2. The van der Waals surface area contributed by atoms with Crippen LogP contribution in [0.5, 0.6) is 0 Å². The van der Waals surface area contributed by atoms with Crippen LogP contribution in [-0.4, -0.2) is 31.4 Å². The van der Waals surface area contributed by atoms with Gasteiger partial charge in [0, 0.05) is 36.4 Å². The van der Waals surface area contributed by atoms with Crippen molar-refractivity contribution in [2.24, 2.45) is 5.73 Å². The van der Waals surface area contributed by atoms with E-state index in [9.17, 15) is 9.59 Å². The van der Waals surface area contributed by atoms with Crippen LogP contribution in [0.2, 0.25) is 0 Å². The van der Waals surface area contributed by atoms with Crippen molar-refractivity contribution in [1.29, 1.82) is 0 Å². The van der Waals surface area contributed by atoms with Gasteiger partial charge in [-0.3, -0.25) is 9.59 Å². The van der Waals surface area contributed by atoms with Crippen LogP contribution in [0.15, 0.2) is 48.5 Å². The zero-order chi connectivity index (χ0) is 17.5. The maximum Gasteiger partial charge on any atom is 0.251 e. The zero-order valence-electron chi connectivity index (χ0n) is 14.1. The smallest absolute Gasteiger partial charge is 0.251 e. The van der Waals surface area contributed by atoms with E-state index in [0.29, 0.717) is 17.7 Å². The molecule has 24 heavy (non-hydrogen) atoms. The van der Waals surface area contributed by atoms with E-state index in [4.69, 9.17) is 5.73 Å². The van der Waals surface area contributed by atoms with Crippen molar-refractivity contribution in [3.63, 3.8) is 0 Å². The SMILES string of the molecule is CCN(CCNC(=O)c1ccc(C(N)=O)cc1)c1cccc(C)c1. The number of nitrogens with one attached hydrogen (secondary N) is 1. The number of anilines is 1. The third-order valence-corrected chi connectivity index (χ3v) is 3.85. The molecule has 126 valence electrons. The Morgan fingerprint density at radius 2 is 1.75 bits per heavy atom. The molecule has 0 spiro atoms. The van der Waals surface area contributed by atoms with Gasteiger partial charge in [-0.15, -0.1) is 0 Å². The number of rotatable bonds is 7. The highest BCUT2D eigenvalue weighted by molar-refractivity contribution is 5.97. The van der Waals surface area contributed by atoms with Gasteiger partial charge in [-0.05, 0) is 55.8 Å². The molecule has 3 N–H and O–H groups in total. The second-order valence-corrected chi connectivity index (χ2v) is 5.62. The van der Waals surface area contributed by atoms with Crippen LogP contribution in [0.3, 0.4) is 0 Å². The van der Waals surface area contributed by atoms with Crippen LogP contribution in [0.25, 0.3) is 0 Å². The molecule has 0 aromatic heterocycles. The quantitative estimate of drug-likeness (QED) is 0.820. The molecule has 0 atom stereocenters. The monoisotopic (exact) mass is 325 g/mol. The van der Waals surface area contributed by atoms with Crippen molar-refractivity contribution < 1.29 is 9.59 Å². The number of nitrogens with two attached hydrogens (primary N) is 1. The zero-order valence-corrected chi connectivity index (χ0v) is 14.1. The number of hydrogen-bond acceptors (Lipinski definition) is 3. The number of amides is 2. The standard InChI is InChI=1S/C19H23N3O2/c1-3-22(17-6-4-5-14(2)13-17)12-11-21-19(24)16-9-7-15(8-10-16)18(20)23/h4-10,13H,3,11-12H2,1-2H3,(H2,20,23)(H,21,24). The van der Waals surface area contributed by atoms with Gasteiger partial charge in [0.2, 0.25) is 5.91 Å². The molecular formula is C19H23N3O2. The Bertz CT molecular complexity index is 711. The van der Waals surface area contributed by atoms with Gasteiger partial charge >= 0.3 is 0 Å². The lowest BCUT2D eigenvalue weighted by Crippen LogP contribution is -2.35. The van der Waals surface area contributed by atoms with Gasteiger partial charge in [0.25, 0.3) is 5.91 Å². The van der Waals surface area contributed by atoms with E-state index in [0.717, 1.165) is 18.8 Å². The van der Waals surface area contributed by atoms with E-state index in [1.54, 1.807) is 24.3 Å². The molecule has 0 aliphatic rings. The molecule has 2 rings (SSSR count). The number of carbonyl (C=O) groups is 2. The second kappa shape index (κ2) is 8.15. The maximum atomic E-state index is 12.1. The minimum absolute atomic E-state index is 0.161. The summed E-state index contributed by atoms with van der Waals surface area (Å²) in [6, 6.07) is 14.6. The van der Waals surface area contributed by atoms with E-state index in [1.165, 1.54) is 5.56 Å². The third-order valence-electron chi connectivity index (χ3n) is 3.85. The largest absolute Gasteiger partial charge is 0.370 e. The van der Waals surface area contributed by atoms with Gasteiger partial charge in [-0.25, -0.2) is 0 Å². The minimum Gasteiger partial charge on any atom is -0.370 e. The maximum absolute atomic E-state index is 12.1. The Morgan fingerprint density at radius 3 is 2.33 bits per heavy atom. The van der Waals surface area contributed by atoms with E-state index in [1.807, 2.05) is 6.07 Å². The van der Waals surface area contributed by atoms with Gasteiger partial charge in [-0.2, -0.15) is 0 Å². The summed E-state index contributed by atoms with van der Waals surface area (Å²) in [6.07, 6.45) is 0. The van der Waals surface area contributed by atoms with Crippen LogP contribution in [0, 0.1) is 6.92 Å². The summed E-state index contributed by atoms with van der Waals surface area (Å²) >= 11 is 0. The third kappa shape index (κ3) is 4.59. The summed E-state index contributed by atoms with van der Waals surface area (Å²) in [4.78, 5) is 25.4. The molecule has 0 heterocycles. The highest BCUT2D eigenvalue weighted by atomic mass is 16.2. The number of likely N-dealkylation sites (N-methyl/N-ethyl adjacent to an activating group) is 1. The first-order valence-corrected chi connectivity index (χ1v) is 8.01. The van der Waals surface area contributed by atoms with E-state index in [2.05, 4.69) is 42.3 Å². The van der Waals surface area contributed by atoms with Crippen LogP contribution in [0.1, 0.15) is 33.2 Å². The first kappa shape index (κ1) is 17.5. The molecule has 5 heteroatoms. The predicted molar refractivity (Wildman–Crippen MR) is 96.4 cm³/mol. The van der Waals surface area contributed by atoms with E-state index >= 15 is 0 Å². The first-order valence-electron chi connectivity index (χ1n) is 8.01. The van der Waals surface area contributed by atoms with Crippen LogP contribution >= 0.6 is 0 Å². The van der Waals surface area contributed by atoms with Gasteiger partial charge in [0.05, 0.1) is 0 Å². The first-order chi connectivity index (χ1) is 11.5. The van der Waals surface area contributed by atoms with Gasteiger partial charge in [0.1, 0.15) is 0 Å². The lowest BCUT2D eigenvalue weighted by atomic mass is 10.1. The Morgan fingerprint density at radius 1 is 1.08 bits per heavy atom. The Labute approximate surface area is 142 Å². The van der Waals surface area contributed by atoms with Crippen LogP contribution in [0.4, 0.5) is 5.69 Å². The lowest BCUT2D eigenvalue weighted by Gasteiger charge is -2.23. The summed E-state index contributed by atoms with van der Waals surface area (Å²) in [5.41, 5.74) is 8.46. The number of benzene rings is 2. The molecule has 0 aliphatic heterocycles. The average Bonchev–Trinajstić information content (AvgIpc) is 2.58. The Hall–Kier alpha value is -2.82. The minimum atomic E-state index is -0.501. The molecular weight excluding hydrogens is 302 g/mol. The molecule has 2 aromatic rings. The number of primary amides is 1. The Kier molecular flexibility index (Phi) is 5.95. The molecule has 2 aromatic carbocycles. The summed E-state index contributed by atoms with van der Waals surface area (Å²) in [5, 5.41) is 2.90. The Balaban J connectivity index is 1.90. The van der Waals surface area contributed by atoms with Crippen molar-refractivity contribution in [2.45, 2.75) is 13.8 Å². The van der Waals surface area contributed by atoms with Gasteiger partial charge in [0.15, 0.2) is 0 Å². The fourth-order valence-electron chi connectivity index (χ4n) is 2.49. The summed E-state index contributed by atoms with van der Waals surface area (Å²) in [6.45, 7) is 6.29. The van der Waals surface area contributed by atoms with Crippen molar-refractivity contribution in [1.82, 2.24) is 5.32 Å². The summed E-state index contributed by atoms with van der Waals surface area (Å²) in [7, 11) is 0. The molecule has 0 bridgehead atoms. The predicted octanol–water partition coefficient (Wildman–Crippen LogP) is 2.35.